The van der Waals surface area contributed by atoms with E-state index in [-0.39, 0.29) is 23.3 Å². The zero-order valence-corrected chi connectivity index (χ0v) is 16.3. The molecule has 2 N–H and O–H groups in total. The molecule has 4 aromatic rings. The highest BCUT2D eigenvalue weighted by atomic mass is 19.1. The summed E-state index contributed by atoms with van der Waals surface area (Å²) in [4.78, 5) is 33.2. The maximum absolute atomic E-state index is 13.9. The molecule has 0 saturated carbocycles. The lowest BCUT2D eigenvalue weighted by molar-refractivity contribution is -0.111. The van der Waals surface area contributed by atoms with E-state index in [0.717, 1.165) is 0 Å². The summed E-state index contributed by atoms with van der Waals surface area (Å²) in [5.74, 6) is -0.877. The van der Waals surface area contributed by atoms with Crippen LogP contribution in [0, 0.1) is 5.82 Å². The molecule has 0 saturated heterocycles. The summed E-state index contributed by atoms with van der Waals surface area (Å²) in [6.45, 7) is 3.43. The van der Waals surface area contributed by atoms with Gasteiger partial charge in [-0.2, -0.15) is 0 Å². The van der Waals surface area contributed by atoms with E-state index in [1.807, 2.05) is 6.07 Å². The second-order valence-corrected chi connectivity index (χ2v) is 6.65. The van der Waals surface area contributed by atoms with Crippen molar-refractivity contribution >= 4 is 39.8 Å². The van der Waals surface area contributed by atoms with Crippen LogP contribution in [0.5, 0.6) is 0 Å². The predicted octanol–water partition coefficient (Wildman–Crippen LogP) is 4.87. The molecule has 1 aromatic heterocycles. The van der Waals surface area contributed by atoms with Crippen LogP contribution in [-0.4, -0.2) is 21.7 Å². The van der Waals surface area contributed by atoms with Crippen molar-refractivity contribution in [3.63, 3.8) is 0 Å². The fraction of sp³-hybridized carbons (Fsp3) is 0. The second-order valence-electron chi connectivity index (χ2n) is 6.65. The van der Waals surface area contributed by atoms with Crippen LogP contribution in [0.2, 0.25) is 0 Å². The van der Waals surface area contributed by atoms with Crippen LogP contribution in [0.25, 0.3) is 10.9 Å². The SMILES string of the molecule is C=CC(=O)Nc1cccc(Nc2nc(C(=O)c3ccccc3)nc3ccc(F)cc23)c1. The number of rotatable bonds is 6. The second kappa shape index (κ2) is 8.54. The Morgan fingerprint density at radius 3 is 2.45 bits per heavy atom. The minimum Gasteiger partial charge on any atom is -0.340 e. The lowest BCUT2D eigenvalue weighted by Gasteiger charge is -2.12. The number of anilines is 3. The van der Waals surface area contributed by atoms with E-state index in [4.69, 9.17) is 0 Å². The first-order chi connectivity index (χ1) is 15.0. The molecular formula is C24H17FN4O2. The number of halogens is 1. The Morgan fingerprint density at radius 2 is 1.68 bits per heavy atom. The van der Waals surface area contributed by atoms with Gasteiger partial charge in [0, 0.05) is 22.3 Å². The largest absolute Gasteiger partial charge is 0.340 e. The van der Waals surface area contributed by atoms with Crippen LogP contribution in [0.3, 0.4) is 0 Å². The first kappa shape index (κ1) is 19.9. The topological polar surface area (TPSA) is 84.0 Å². The summed E-state index contributed by atoms with van der Waals surface area (Å²) in [6.07, 6.45) is 1.17. The van der Waals surface area contributed by atoms with Crippen molar-refractivity contribution < 1.29 is 14.0 Å². The average molecular weight is 412 g/mol. The van der Waals surface area contributed by atoms with Crippen LogP contribution in [-0.2, 0) is 4.79 Å². The number of carbonyl (C=O) groups is 2. The van der Waals surface area contributed by atoms with Crippen LogP contribution in [0.15, 0.2) is 85.5 Å². The quantitative estimate of drug-likeness (QED) is 0.349. The van der Waals surface area contributed by atoms with Gasteiger partial charge in [-0.25, -0.2) is 14.4 Å². The van der Waals surface area contributed by atoms with Gasteiger partial charge in [0.15, 0.2) is 0 Å². The van der Waals surface area contributed by atoms with Gasteiger partial charge in [-0.15, -0.1) is 0 Å². The Balaban J connectivity index is 1.76. The van der Waals surface area contributed by atoms with Crippen molar-refractivity contribution in [1.29, 1.82) is 0 Å². The molecule has 0 bridgehead atoms. The number of fused-ring (bicyclic) bond motifs is 1. The first-order valence-corrected chi connectivity index (χ1v) is 9.41. The van der Waals surface area contributed by atoms with Crippen LogP contribution < -0.4 is 10.6 Å². The molecule has 0 aliphatic heterocycles. The van der Waals surface area contributed by atoms with Crippen LogP contribution >= 0.6 is 0 Å². The number of nitrogens with one attached hydrogen (secondary N) is 2. The average Bonchev–Trinajstić information content (AvgIpc) is 2.79. The maximum Gasteiger partial charge on any atom is 0.247 e. The summed E-state index contributed by atoms with van der Waals surface area (Å²) in [5, 5.41) is 6.20. The molecule has 152 valence electrons. The van der Waals surface area contributed by atoms with E-state index in [0.29, 0.717) is 27.8 Å². The van der Waals surface area contributed by atoms with E-state index in [9.17, 15) is 14.0 Å². The third kappa shape index (κ3) is 4.45. The smallest absolute Gasteiger partial charge is 0.247 e. The zero-order valence-electron chi connectivity index (χ0n) is 16.3. The summed E-state index contributed by atoms with van der Waals surface area (Å²) < 4.78 is 13.9. The number of amides is 1. The normalized spacial score (nSPS) is 10.5. The lowest BCUT2D eigenvalue weighted by atomic mass is 10.1. The molecule has 3 aromatic carbocycles. The van der Waals surface area contributed by atoms with Crippen molar-refractivity contribution in [3.05, 3.63) is 103 Å². The number of carbonyl (C=O) groups excluding carboxylic acids is 2. The van der Waals surface area contributed by atoms with E-state index in [1.54, 1.807) is 48.5 Å². The molecule has 1 amide bonds. The molecule has 0 radical (unpaired) electrons. The van der Waals surface area contributed by atoms with Crippen molar-refractivity contribution in [3.8, 4) is 0 Å². The summed E-state index contributed by atoms with van der Waals surface area (Å²) in [7, 11) is 0. The highest BCUT2D eigenvalue weighted by molar-refractivity contribution is 6.08. The van der Waals surface area contributed by atoms with Gasteiger partial charge in [0.05, 0.1) is 5.52 Å². The number of nitrogens with zero attached hydrogens (tertiary/aromatic N) is 2. The molecule has 7 heteroatoms. The first-order valence-electron chi connectivity index (χ1n) is 9.41. The molecule has 0 atom stereocenters. The Labute approximate surface area is 177 Å². The number of aromatic nitrogens is 2. The number of benzene rings is 3. The molecule has 0 fully saturated rings. The molecular weight excluding hydrogens is 395 g/mol. The van der Waals surface area contributed by atoms with E-state index in [1.165, 1.54) is 24.3 Å². The number of hydrogen-bond donors (Lipinski definition) is 2. The lowest BCUT2D eigenvalue weighted by Crippen LogP contribution is -2.10. The van der Waals surface area contributed by atoms with Gasteiger partial charge >= 0.3 is 0 Å². The van der Waals surface area contributed by atoms with Crippen molar-refractivity contribution in [1.82, 2.24) is 9.97 Å². The Bertz CT molecular complexity index is 1310. The molecule has 0 spiro atoms. The molecule has 1 heterocycles. The Kier molecular flexibility index (Phi) is 5.49. The molecule has 0 aliphatic rings. The Hall–Kier alpha value is -4.39. The minimum absolute atomic E-state index is 0.0103. The predicted molar refractivity (Wildman–Crippen MR) is 118 cm³/mol. The Morgan fingerprint density at radius 1 is 0.903 bits per heavy atom. The van der Waals surface area contributed by atoms with E-state index in [2.05, 4.69) is 27.2 Å². The number of hydrogen-bond acceptors (Lipinski definition) is 5. The molecule has 4 rings (SSSR count). The zero-order chi connectivity index (χ0) is 21.8. The van der Waals surface area contributed by atoms with Gasteiger partial charge in [-0.3, -0.25) is 9.59 Å². The molecule has 31 heavy (non-hydrogen) atoms. The standard InChI is InChI=1S/C24H17FN4O2/c1-2-21(30)26-17-9-6-10-18(14-17)27-23-19-13-16(25)11-12-20(19)28-24(29-23)22(31)15-7-4-3-5-8-15/h2-14H,1H2,(H,26,30)(H,27,28,29). The van der Waals surface area contributed by atoms with Crippen molar-refractivity contribution in [2.24, 2.45) is 0 Å². The van der Waals surface area contributed by atoms with Gasteiger partial charge in [0.1, 0.15) is 11.6 Å². The van der Waals surface area contributed by atoms with Crippen LogP contribution in [0.1, 0.15) is 16.2 Å². The van der Waals surface area contributed by atoms with Gasteiger partial charge in [-0.05, 0) is 42.5 Å². The fourth-order valence-electron chi connectivity index (χ4n) is 3.02. The highest BCUT2D eigenvalue weighted by Gasteiger charge is 2.16. The van der Waals surface area contributed by atoms with Gasteiger partial charge < -0.3 is 10.6 Å². The fourth-order valence-corrected chi connectivity index (χ4v) is 3.02. The van der Waals surface area contributed by atoms with Crippen molar-refractivity contribution in [2.45, 2.75) is 0 Å². The van der Waals surface area contributed by atoms with Gasteiger partial charge in [-0.1, -0.05) is 43.0 Å². The summed E-state index contributed by atoms with van der Waals surface area (Å²) in [6, 6.07) is 19.7. The van der Waals surface area contributed by atoms with Crippen LogP contribution in [0.4, 0.5) is 21.6 Å². The maximum atomic E-state index is 13.9. The summed E-state index contributed by atoms with van der Waals surface area (Å²) in [5.41, 5.74) is 2.00. The third-order valence-electron chi connectivity index (χ3n) is 4.48. The molecule has 6 nitrogen and oxygen atoms in total. The van der Waals surface area contributed by atoms with E-state index >= 15 is 0 Å². The summed E-state index contributed by atoms with van der Waals surface area (Å²) >= 11 is 0. The van der Waals surface area contributed by atoms with Gasteiger partial charge in [0.2, 0.25) is 17.5 Å². The third-order valence-corrected chi connectivity index (χ3v) is 4.48. The van der Waals surface area contributed by atoms with E-state index < -0.39 is 5.82 Å². The highest BCUT2D eigenvalue weighted by Crippen LogP contribution is 2.27. The monoisotopic (exact) mass is 412 g/mol. The minimum atomic E-state index is -0.451. The molecule has 0 unspecified atom stereocenters. The van der Waals surface area contributed by atoms with Gasteiger partial charge in [0.25, 0.3) is 0 Å². The van der Waals surface area contributed by atoms with Crippen molar-refractivity contribution in [2.75, 3.05) is 10.6 Å². The molecule has 0 aliphatic carbocycles. The number of ketones is 1.